The number of carbonyl (C=O) groups excluding carboxylic acids is 1. The minimum absolute atomic E-state index is 0.0224. The second-order valence-corrected chi connectivity index (χ2v) is 11.7. The molecule has 230 valence electrons. The number of ether oxygens (including phenoxy) is 1. The highest BCUT2D eigenvalue weighted by atomic mass is 16.5. The van der Waals surface area contributed by atoms with Gasteiger partial charge in [0.15, 0.2) is 18.2 Å². The van der Waals surface area contributed by atoms with E-state index in [1.54, 1.807) is 18.2 Å². The maximum Gasteiger partial charge on any atom is 0.165 e. The summed E-state index contributed by atoms with van der Waals surface area (Å²) in [6.45, 7) is 3.10. The van der Waals surface area contributed by atoms with Gasteiger partial charge in [0, 0.05) is 49.8 Å². The Balaban J connectivity index is 1.22. The van der Waals surface area contributed by atoms with Crippen molar-refractivity contribution in [2.45, 2.75) is 90.3 Å². The Morgan fingerprint density at radius 2 is 2.05 bits per heavy atom. The van der Waals surface area contributed by atoms with Crippen LogP contribution in [0.4, 0.5) is 0 Å². The van der Waals surface area contributed by atoms with Gasteiger partial charge in [0.25, 0.3) is 0 Å². The standard InChI is InChI=1S/C34H44N4O5/c1-2-3-4-5-25(40)16-26(41)9-6-22-7-11-32(42)33(14-22)43-21-38-18-30-24(17-37-31(30)19-38)15-29-23(20-39)8-10-28-27(29)12-13-36-34(28)35/h7-8,10-11,14,17-19,25,34,36-37,39-40,42H,2-6,9,12-13,15-16,20-21,35H2,1H3. The Morgan fingerprint density at radius 3 is 2.86 bits per heavy atom. The van der Waals surface area contributed by atoms with E-state index >= 15 is 0 Å². The van der Waals surface area contributed by atoms with Crippen LogP contribution >= 0.6 is 0 Å². The van der Waals surface area contributed by atoms with Gasteiger partial charge in [0.05, 0.1) is 24.4 Å². The van der Waals surface area contributed by atoms with Crippen LogP contribution < -0.4 is 15.8 Å². The van der Waals surface area contributed by atoms with Gasteiger partial charge >= 0.3 is 0 Å². The van der Waals surface area contributed by atoms with Crippen LogP contribution in [-0.2, 0) is 37.4 Å². The molecule has 5 rings (SSSR count). The van der Waals surface area contributed by atoms with Crippen molar-refractivity contribution in [2.75, 3.05) is 6.54 Å². The van der Waals surface area contributed by atoms with Gasteiger partial charge in [0.2, 0.25) is 0 Å². The van der Waals surface area contributed by atoms with E-state index < -0.39 is 6.10 Å². The molecule has 0 spiro atoms. The minimum Gasteiger partial charge on any atom is -0.504 e. The summed E-state index contributed by atoms with van der Waals surface area (Å²) in [7, 11) is 0. The Hall–Kier alpha value is -3.63. The smallest absolute Gasteiger partial charge is 0.165 e. The van der Waals surface area contributed by atoms with Gasteiger partial charge in [-0.25, -0.2) is 0 Å². The molecule has 0 radical (unpaired) electrons. The van der Waals surface area contributed by atoms with Gasteiger partial charge < -0.3 is 35.3 Å². The first-order valence-electron chi connectivity index (χ1n) is 15.4. The van der Waals surface area contributed by atoms with E-state index in [-0.39, 0.29) is 37.5 Å². The molecule has 0 bridgehead atoms. The number of phenolic OH excluding ortho intramolecular Hbond substituents is 1. The summed E-state index contributed by atoms with van der Waals surface area (Å²) in [4.78, 5) is 15.7. The van der Waals surface area contributed by atoms with Crippen LogP contribution in [0, 0.1) is 0 Å². The average molecular weight is 589 g/mol. The molecule has 0 saturated carbocycles. The highest BCUT2D eigenvalue weighted by Crippen LogP contribution is 2.31. The van der Waals surface area contributed by atoms with Crippen molar-refractivity contribution in [3.8, 4) is 11.5 Å². The minimum atomic E-state index is -0.573. The normalized spacial score (nSPS) is 15.5. The summed E-state index contributed by atoms with van der Waals surface area (Å²) < 4.78 is 7.91. The quantitative estimate of drug-likeness (QED) is 0.110. The third-order valence-corrected chi connectivity index (χ3v) is 8.49. The van der Waals surface area contributed by atoms with Gasteiger partial charge in [-0.15, -0.1) is 0 Å². The molecule has 0 aliphatic carbocycles. The highest BCUT2D eigenvalue weighted by Gasteiger charge is 2.22. The largest absolute Gasteiger partial charge is 0.504 e. The maximum absolute atomic E-state index is 12.4. The van der Waals surface area contributed by atoms with Crippen molar-refractivity contribution in [1.29, 1.82) is 0 Å². The van der Waals surface area contributed by atoms with E-state index in [1.165, 1.54) is 5.56 Å². The number of hydrogen-bond donors (Lipinski definition) is 6. The van der Waals surface area contributed by atoms with Crippen LogP contribution in [0.15, 0.2) is 48.9 Å². The number of nitrogens with two attached hydrogens (primary N) is 1. The Labute approximate surface area is 252 Å². The number of aromatic nitrogens is 2. The molecule has 0 amide bonds. The fourth-order valence-corrected chi connectivity index (χ4v) is 6.06. The molecule has 3 heterocycles. The van der Waals surface area contributed by atoms with Gasteiger partial charge in [-0.05, 0) is 64.8 Å². The molecule has 1 aliphatic rings. The number of H-pyrrole nitrogens is 1. The number of rotatable bonds is 15. The molecule has 4 aromatic rings. The molecule has 0 saturated heterocycles. The summed E-state index contributed by atoms with van der Waals surface area (Å²) >= 11 is 0. The summed E-state index contributed by atoms with van der Waals surface area (Å²) in [5.74, 6) is 0.438. The molecule has 2 aromatic carbocycles. The molecule has 7 N–H and O–H groups in total. The first kappa shape index (κ1) is 30.8. The third kappa shape index (κ3) is 7.48. The first-order chi connectivity index (χ1) is 20.9. The number of carbonyl (C=O) groups is 1. The van der Waals surface area contributed by atoms with Gasteiger partial charge in [0.1, 0.15) is 5.78 Å². The lowest BCUT2D eigenvalue weighted by Crippen LogP contribution is -2.36. The molecule has 1 aliphatic heterocycles. The second-order valence-electron chi connectivity index (χ2n) is 11.7. The van der Waals surface area contributed by atoms with Gasteiger partial charge in [-0.2, -0.15) is 0 Å². The van der Waals surface area contributed by atoms with E-state index in [0.29, 0.717) is 31.4 Å². The number of benzene rings is 2. The molecule has 2 unspecified atom stereocenters. The SMILES string of the molecule is CCCCCC(O)CC(=O)CCc1ccc(O)c(OCn2cc3[nH]cc(Cc4c(CO)ccc5c4CCNC5N)c3c2)c1. The van der Waals surface area contributed by atoms with Crippen molar-refractivity contribution in [2.24, 2.45) is 5.73 Å². The van der Waals surface area contributed by atoms with Gasteiger partial charge in [-0.3, -0.25) is 10.1 Å². The van der Waals surface area contributed by atoms with Crippen molar-refractivity contribution in [3.63, 3.8) is 0 Å². The van der Waals surface area contributed by atoms with Crippen molar-refractivity contribution in [3.05, 3.63) is 82.3 Å². The second kappa shape index (κ2) is 14.2. The van der Waals surface area contributed by atoms with Crippen molar-refractivity contribution in [1.82, 2.24) is 14.9 Å². The molecular weight excluding hydrogens is 544 g/mol. The van der Waals surface area contributed by atoms with Crippen LogP contribution in [0.1, 0.15) is 85.0 Å². The summed E-state index contributed by atoms with van der Waals surface area (Å²) in [5.41, 5.74) is 13.6. The Kier molecular flexibility index (Phi) is 10.2. The fourth-order valence-electron chi connectivity index (χ4n) is 6.06. The number of Topliss-reactive ketones (excluding diaryl/α,β-unsaturated/α-hetero) is 1. The van der Waals surface area contributed by atoms with Crippen LogP contribution in [0.5, 0.6) is 11.5 Å². The maximum atomic E-state index is 12.4. The Bertz CT molecular complexity index is 1540. The van der Waals surface area contributed by atoms with E-state index in [4.69, 9.17) is 10.5 Å². The molecule has 2 aromatic heterocycles. The summed E-state index contributed by atoms with van der Waals surface area (Å²) in [6, 6.07) is 9.15. The first-order valence-corrected chi connectivity index (χ1v) is 15.4. The number of aromatic hydroxyl groups is 1. The highest BCUT2D eigenvalue weighted by molar-refractivity contribution is 5.83. The van der Waals surface area contributed by atoms with Crippen LogP contribution in [0.3, 0.4) is 0 Å². The number of nitrogens with one attached hydrogen (secondary N) is 2. The number of fused-ring (bicyclic) bond motifs is 2. The molecular formula is C34H44N4O5. The number of aryl methyl sites for hydroxylation is 1. The zero-order chi connectivity index (χ0) is 30.3. The van der Waals surface area contributed by atoms with Crippen LogP contribution in [0.25, 0.3) is 10.9 Å². The molecule has 43 heavy (non-hydrogen) atoms. The Morgan fingerprint density at radius 1 is 1.19 bits per heavy atom. The topological polar surface area (TPSA) is 146 Å². The fraction of sp³-hybridized carbons (Fsp3) is 0.441. The summed E-state index contributed by atoms with van der Waals surface area (Å²) in [5, 5.41) is 35.0. The predicted octanol–water partition coefficient (Wildman–Crippen LogP) is 4.73. The lowest BCUT2D eigenvalue weighted by Gasteiger charge is -2.27. The van der Waals surface area contributed by atoms with Gasteiger partial charge in [-0.1, -0.05) is 44.4 Å². The predicted molar refractivity (Wildman–Crippen MR) is 167 cm³/mol. The number of phenols is 1. The zero-order valence-electron chi connectivity index (χ0n) is 24.9. The summed E-state index contributed by atoms with van der Waals surface area (Å²) in [6.07, 6.45) is 11.6. The van der Waals surface area contributed by atoms with E-state index in [0.717, 1.165) is 70.9 Å². The van der Waals surface area contributed by atoms with Crippen molar-refractivity contribution < 1.29 is 24.9 Å². The lowest BCUT2D eigenvalue weighted by atomic mass is 9.87. The number of ketones is 1. The van der Waals surface area contributed by atoms with E-state index in [9.17, 15) is 20.1 Å². The third-order valence-electron chi connectivity index (χ3n) is 8.49. The number of nitrogens with zero attached hydrogens (tertiary/aromatic N) is 1. The van der Waals surface area contributed by atoms with E-state index in [2.05, 4.69) is 17.2 Å². The molecule has 9 heteroatoms. The molecule has 9 nitrogen and oxygen atoms in total. The average Bonchev–Trinajstić information content (AvgIpc) is 3.57. The van der Waals surface area contributed by atoms with Crippen molar-refractivity contribution >= 4 is 16.7 Å². The van der Waals surface area contributed by atoms with Crippen LogP contribution in [0.2, 0.25) is 0 Å². The van der Waals surface area contributed by atoms with Crippen LogP contribution in [-0.4, -0.2) is 43.3 Å². The number of aliphatic hydroxyl groups is 2. The lowest BCUT2D eigenvalue weighted by molar-refractivity contribution is -0.121. The number of aliphatic hydroxyl groups excluding tert-OH is 2. The molecule has 0 fully saturated rings. The zero-order valence-corrected chi connectivity index (χ0v) is 24.9. The van der Waals surface area contributed by atoms with E-state index in [1.807, 2.05) is 35.3 Å². The number of unbranched alkanes of at least 4 members (excludes halogenated alkanes) is 2. The monoisotopic (exact) mass is 588 g/mol. The number of hydrogen-bond acceptors (Lipinski definition) is 7. The number of aromatic amines is 1. The molecule has 2 atom stereocenters.